The average Bonchev–Trinajstić information content (AvgIpc) is 2.17. The van der Waals surface area contributed by atoms with Crippen molar-refractivity contribution in [3.05, 3.63) is 28.6 Å². The first-order valence-corrected chi connectivity index (χ1v) is 3.76. The number of aromatic nitrogens is 4. The van der Waals surface area contributed by atoms with Crippen LogP contribution in [0.3, 0.4) is 0 Å². The molecule has 0 atom stereocenters. The summed E-state index contributed by atoms with van der Waals surface area (Å²) >= 11 is 0. The Hall–Kier alpha value is -2.18. The summed E-state index contributed by atoms with van der Waals surface area (Å²) in [6.07, 6.45) is 0. The predicted octanol–water partition coefficient (Wildman–Crippen LogP) is -1.09. The van der Waals surface area contributed by atoms with Gasteiger partial charge in [-0.15, -0.1) is 0 Å². The van der Waals surface area contributed by atoms with Gasteiger partial charge in [0.15, 0.2) is 0 Å². The number of ether oxygens (including phenoxy) is 1. The van der Waals surface area contributed by atoms with Crippen LogP contribution in [0.2, 0.25) is 0 Å². The van der Waals surface area contributed by atoms with Crippen LogP contribution in [0.4, 0.5) is 0 Å². The van der Waals surface area contributed by atoms with E-state index in [1.807, 2.05) is 0 Å². The maximum absolute atomic E-state index is 11.2. The molecule has 0 aliphatic heterocycles. The fourth-order valence-electron chi connectivity index (χ4n) is 1.10. The molecule has 0 saturated heterocycles. The molecule has 0 saturated carbocycles. The van der Waals surface area contributed by atoms with Crippen molar-refractivity contribution in [1.82, 2.24) is 10.3 Å². The summed E-state index contributed by atoms with van der Waals surface area (Å²) in [5, 5.41) is 28.4. The largest absolute Gasteiger partial charge is 0.590 e. The Morgan fingerprint density at radius 2 is 2.14 bits per heavy atom. The third-order valence-electron chi connectivity index (χ3n) is 1.74. The molecule has 0 radical (unpaired) electrons. The van der Waals surface area contributed by atoms with Gasteiger partial charge in [-0.3, -0.25) is 0 Å². The van der Waals surface area contributed by atoms with Gasteiger partial charge in [0.2, 0.25) is 5.52 Å². The molecule has 0 spiro atoms. The first kappa shape index (κ1) is 8.42. The van der Waals surface area contributed by atoms with Crippen molar-refractivity contribution in [2.75, 3.05) is 7.11 Å². The molecule has 0 bridgehead atoms. The van der Waals surface area contributed by atoms with Crippen LogP contribution in [-0.2, 0) is 0 Å². The van der Waals surface area contributed by atoms with Gasteiger partial charge in [-0.1, -0.05) is 0 Å². The molecule has 7 nitrogen and oxygen atoms in total. The van der Waals surface area contributed by atoms with Crippen LogP contribution in [0, 0.1) is 10.4 Å². The first-order chi connectivity index (χ1) is 6.70. The number of nitrogens with zero attached hydrogens (tertiary/aromatic N) is 4. The molecule has 7 heteroatoms. The standard InChI is InChI=1S/C7H6N4O3/c1-14-5-2-3-6-7(4-5)10(12)9-11(13)8-6/h2-4H,1H3. The van der Waals surface area contributed by atoms with E-state index < -0.39 is 0 Å². The maximum Gasteiger partial charge on any atom is 0.326 e. The van der Waals surface area contributed by atoms with Gasteiger partial charge in [-0.05, 0) is 12.1 Å². The van der Waals surface area contributed by atoms with E-state index in [1.54, 1.807) is 6.07 Å². The molecule has 0 amide bonds. The molecular weight excluding hydrogens is 188 g/mol. The van der Waals surface area contributed by atoms with Crippen molar-refractivity contribution >= 4 is 11.0 Å². The van der Waals surface area contributed by atoms with E-state index in [9.17, 15) is 10.4 Å². The Kier molecular flexibility index (Phi) is 1.77. The van der Waals surface area contributed by atoms with Gasteiger partial charge in [-0.2, -0.15) is 0 Å². The second kappa shape index (κ2) is 2.95. The lowest BCUT2D eigenvalue weighted by molar-refractivity contribution is -0.863. The third-order valence-corrected chi connectivity index (χ3v) is 1.74. The zero-order valence-electron chi connectivity index (χ0n) is 7.25. The molecule has 1 heterocycles. The SMILES string of the molecule is COc1ccc2n[n+]([O-])n[n+]([O-])c2c1. The van der Waals surface area contributed by atoms with E-state index >= 15 is 0 Å². The van der Waals surface area contributed by atoms with Crippen LogP contribution in [0.15, 0.2) is 18.2 Å². The van der Waals surface area contributed by atoms with Gasteiger partial charge in [0.1, 0.15) is 10.7 Å². The van der Waals surface area contributed by atoms with Crippen LogP contribution in [0.1, 0.15) is 0 Å². The molecule has 0 unspecified atom stereocenters. The summed E-state index contributed by atoms with van der Waals surface area (Å²) in [7, 11) is 1.48. The van der Waals surface area contributed by atoms with Gasteiger partial charge >= 0.3 is 5.21 Å². The molecular formula is C7H6N4O3. The summed E-state index contributed by atoms with van der Waals surface area (Å²) in [5.41, 5.74) is 0.460. The molecule has 2 aromatic rings. The minimum absolute atomic E-state index is 0.0260. The van der Waals surface area contributed by atoms with Crippen LogP contribution in [0.5, 0.6) is 5.75 Å². The Labute approximate surface area is 78.3 Å². The zero-order chi connectivity index (χ0) is 10.1. The third kappa shape index (κ3) is 1.24. The van der Waals surface area contributed by atoms with Crippen LogP contribution in [-0.4, -0.2) is 17.4 Å². The fraction of sp³-hybridized carbons (Fsp3) is 0.143. The van der Waals surface area contributed by atoms with Crippen LogP contribution >= 0.6 is 0 Å². The number of rotatable bonds is 1. The molecule has 0 aliphatic rings. The number of fused-ring (bicyclic) bond motifs is 1. The van der Waals surface area contributed by atoms with Gasteiger partial charge in [0.05, 0.1) is 18.3 Å². The van der Waals surface area contributed by atoms with Crippen molar-refractivity contribution in [1.29, 1.82) is 0 Å². The van der Waals surface area contributed by atoms with Crippen molar-refractivity contribution < 1.29 is 14.5 Å². The van der Waals surface area contributed by atoms with Crippen LogP contribution < -0.4 is 14.5 Å². The van der Waals surface area contributed by atoms with E-state index in [0.29, 0.717) is 5.75 Å². The lowest BCUT2D eigenvalue weighted by Gasteiger charge is -1.99. The van der Waals surface area contributed by atoms with Crippen molar-refractivity contribution in [2.24, 2.45) is 0 Å². The summed E-state index contributed by atoms with van der Waals surface area (Å²) in [6, 6.07) is 4.58. The Morgan fingerprint density at radius 3 is 2.86 bits per heavy atom. The van der Waals surface area contributed by atoms with Gasteiger partial charge in [-0.25, -0.2) is 0 Å². The molecule has 0 fully saturated rings. The van der Waals surface area contributed by atoms with Crippen molar-refractivity contribution in [3.63, 3.8) is 0 Å². The minimum Gasteiger partial charge on any atom is -0.590 e. The Bertz CT molecular complexity index is 488. The molecule has 0 aliphatic carbocycles. The van der Waals surface area contributed by atoms with E-state index in [0.717, 1.165) is 0 Å². The highest BCUT2D eigenvalue weighted by Gasteiger charge is 2.13. The van der Waals surface area contributed by atoms with E-state index in [4.69, 9.17) is 4.74 Å². The quantitative estimate of drug-likeness (QED) is 0.425. The molecule has 1 aromatic heterocycles. The minimum atomic E-state index is -0.0260. The number of benzene rings is 1. The Morgan fingerprint density at radius 1 is 1.36 bits per heavy atom. The summed E-state index contributed by atoms with van der Waals surface area (Å²) < 4.78 is 4.91. The smallest absolute Gasteiger partial charge is 0.326 e. The average molecular weight is 194 g/mol. The van der Waals surface area contributed by atoms with Crippen LogP contribution in [0.25, 0.3) is 11.0 Å². The maximum atomic E-state index is 11.2. The Balaban J connectivity index is 2.75. The summed E-state index contributed by atoms with van der Waals surface area (Å²) in [5.74, 6) is 0.509. The van der Waals surface area contributed by atoms with E-state index in [2.05, 4.69) is 10.3 Å². The number of hydrogen-bond acceptors (Lipinski definition) is 5. The second-order valence-electron chi connectivity index (χ2n) is 2.57. The van der Waals surface area contributed by atoms with Gasteiger partial charge in [0.25, 0.3) is 5.52 Å². The normalized spacial score (nSPS) is 10.4. The predicted molar refractivity (Wildman–Crippen MR) is 44.0 cm³/mol. The van der Waals surface area contributed by atoms with E-state index in [1.165, 1.54) is 19.2 Å². The monoisotopic (exact) mass is 194 g/mol. The van der Waals surface area contributed by atoms with Gasteiger partial charge < -0.3 is 15.2 Å². The first-order valence-electron chi connectivity index (χ1n) is 3.76. The molecule has 1 aromatic carbocycles. The highest BCUT2D eigenvalue weighted by atomic mass is 16.6. The highest BCUT2D eigenvalue weighted by Crippen LogP contribution is 2.14. The van der Waals surface area contributed by atoms with Gasteiger partial charge in [0, 0.05) is 4.85 Å². The lowest BCUT2D eigenvalue weighted by Crippen LogP contribution is -2.50. The fourth-order valence-corrected chi connectivity index (χ4v) is 1.10. The summed E-state index contributed by atoms with van der Waals surface area (Å²) in [4.78, 5) is 0.180. The van der Waals surface area contributed by atoms with E-state index in [-0.39, 0.29) is 20.8 Å². The zero-order valence-corrected chi connectivity index (χ0v) is 7.25. The lowest BCUT2D eigenvalue weighted by atomic mass is 10.3. The number of hydrogen-bond donors (Lipinski definition) is 0. The topological polar surface area (TPSA) is 88.9 Å². The summed E-state index contributed by atoms with van der Waals surface area (Å²) in [6.45, 7) is 0. The molecule has 72 valence electrons. The molecule has 14 heavy (non-hydrogen) atoms. The molecule has 2 rings (SSSR count). The number of methoxy groups -OCH3 is 1. The highest BCUT2D eigenvalue weighted by molar-refractivity contribution is 5.71. The molecule has 0 N–H and O–H groups in total. The second-order valence-corrected chi connectivity index (χ2v) is 2.57. The van der Waals surface area contributed by atoms with Crippen molar-refractivity contribution in [2.45, 2.75) is 0 Å². The van der Waals surface area contributed by atoms with Crippen molar-refractivity contribution in [3.8, 4) is 5.75 Å².